The van der Waals surface area contributed by atoms with Crippen molar-refractivity contribution < 1.29 is 23.5 Å². The lowest BCUT2D eigenvalue weighted by Gasteiger charge is -2.33. The highest BCUT2D eigenvalue weighted by atomic mass is 19.3. The van der Waals surface area contributed by atoms with Crippen molar-refractivity contribution in [1.29, 1.82) is 0 Å². The van der Waals surface area contributed by atoms with Crippen LogP contribution in [-0.2, 0) is 9.59 Å². The summed E-state index contributed by atoms with van der Waals surface area (Å²) in [5, 5.41) is 8.14. The zero-order chi connectivity index (χ0) is 9.35. The summed E-state index contributed by atoms with van der Waals surface area (Å²) in [6.07, 6.45) is -0.969. The van der Waals surface area contributed by atoms with Gasteiger partial charge in [0.25, 0.3) is 0 Å². The van der Waals surface area contributed by atoms with Gasteiger partial charge in [-0.15, -0.1) is 0 Å². The lowest BCUT2D eigenvalue weighted by molar-refractivity contribution is -0.153. The number of halogens is 2. The second-order valence-corrected chi connectivity index (χ2v) is 3.06. The van der Waals surface area contributed by atoms with Gasteiger partial charge in [0.2, 0.25) is 11.7 Å². The predicted octanol–water partition coefficient (Wildman–Crippen LogP) is 1.08. The summed E-state index contributed by atoms with van der Waals surface area (Å²) in [5.41, 5.74) is 0. The molecule has 1 rings (SSSR count). The number of hydrogen-bond acceptors (Lipinski definition) is 2. The number of Topliss-reactive ketones (excluding diaryl/α,β-unsaturated/α-hetero) is 1. The van der Waals surface area contributed by atoms with E-state index in [9.17, 15) is 18.4 Å². The Morgan fingerprint density at radius 2 is 1.92 bits per heavy atom. The third kappa shape index (κ3) is 1.99. The van der Waals surface area contributed by atoms with Gasteiger partial charge in [0, 0.05) is 19.3 Å². The van der Waals surface area contributed by atoms with E-state index in [0.717, 1.165) is 0 Å². The van der Waals surface area contributed by atoms with Crippen LogP contribution in [0.15, 0.2) is 0 Å². The fourth-order valence-corrected chi connectivity index (χ4v) is 1.28. The first kappa shape index (κ1) is 9.09. The smallest absolute Gasteiger partial charge is 0.372 e. The molecule has 3 nitrogen and oxygen atoms in total. The quantitative estimate of drug-likeness (QED) is 0.658. The minimum Gasteiger partial charge on any atom is -0.476 e. The molecule has 5 heteroatoms. The second kappa shape index (κ2) is 2.80. The summed E-state index contributed by atoms with van der Waals surface area (Å²) in [7, 11) is 0. The van der Waals surface area contributed by atoms with Gasteiger partial charge in [-0.2, -0.15) is 0 Å². The van der Waals surface area contributed by atoms with Crippen LogP contribution in [0.3, 0.4) is 0 Å². The Kier molecular flexibility index (Phi) is 2.12. The summed E-state index contributed by atoms with van der Waals surface area (Å²) in [5.74, 6) is -5.63. The third-order valence-corrected chi connectivity index (χ3v) is 1.89. The third-order valence-electron chi connectivity index (χ3n) is 1.89. The molecular weight excluding hydrogens is 170 g/mol. The molecule has 1 fully saturated rings. The van der Waals surface area contributed by atoms with Crippen molar-refractivity contribution in [2.45, 2.75) is 25.2 Å². The predicted molar refractivity (Wildman–Crippen MR) is 34.9 cm³/mol. The Morgan fingerprint density at radius 3 is 2.25 bits per heavy atom. The highest BCUT2D eigenvalue weighted by Gasteiger charge is 2.46. The maximum absolute atomic E-state index is 12.2. The van der Waals surface area contributed by atoms with Crippen molar-refractivity contribution in [3.8, 4) is 0 Å². The van der Waals surface area contributed by atoms with Crippen LogP contribution in [0.5, 0.6) is 0 Å². The van der Waals surface area contributed by atoms with Crippen molar-refractivity contribution in [3.63, 3.8) is 0 Å². The molecule has 0 aliphatic heterocycles. The number of carbonyl (C=O) groups excluding carboxylic acids is 1. The molecule has 0 bridgehead atoms. The Hall–Kier alpha value is -1.00. The number of rotatable bonds is 3. The molecule has 12 heavy (non-hydrogen) atoms. The van der Waals surface area contributed by atoms with Crippen LogP contribution in [0.25, 0.3) is 0 Å². The molecule has 1 aliphatic rings. The van der Waals surface area contributed by atoms with Crippen LogP contribution in [0.1, 0.15) is 19.3 Å². The molecular formula is C7H8F2O3. The van der Waals surface area contributed by atoms with E-state index < -0.39 is 23.6 Å². The molecule has 0 saturated heterocycles. The Balaban J connectivity index is 2.28. The Morgan fingerprint density at radius 1 is 1.42 bits per heavy atom. The zero-order valence-corrected chi connectivity index (χ0v) is 6.22. The van der Waals surface area contributed by atoms with Crippen molar-refractivity contribution in [1.82, 2.24) is 0 Å². The molecule has 0 radical (unpaired) electrons. The van der Waals surface area contributed by atoms with Gasteiger partial charge in [-0.25, -0.2) is 13.6 Å². The first-order chi connectivity index (χ1) is 5.41. The Labute approximate surface area is 67.4 Å². The topological polar surface area (TPSA) is 54.4 Å². The number of alkyl halides is 2. The number of carboxylic acid groups (broad SMARTS) is 1. The Bertz CT molecular complexity index is 217. The fourth-order valence-electron chi connectivity index (χ4n) is 1.28. The van der Waals surface area contributed by atoms with E-state index in [1.165, 1.54) is 0 Å². The van der Waals surface area contributed by atoms with Crippen LogP contribution in [0.4, 0.5) is 8.78 Å². The van der Waals surface area contributed by atoms with Gasteiger partial charge in [-0.1, -0.05) is 0 Å². The van der Waals surface area contributed by atoms with Gasteiger partial charge in [-0.05, 0) is 5.92 Å². The molecule has 1 saturated carbocycles. The van der Waals surface area contributed by atoms with Crippen molar-refractivity contribution in [3.05, 3.63) is 0 Å². The summed E-state index contributed by atoms with van der Waals surface area (Å²) < 4.78 is 24.4. The van der Waals surface area contributed by atoms with E-state index in [-0.39, 0.29) is 19.3 Å². The standard InChI is InChI=1S/C7H8F2O3/c8-7(9)2-4(3-7)1-5(10)6(11)12/h4H,1-3H2,(H,11,12). The van der Waals surface area contributed by atoms with E-state index in [1.54, 1.807) is 0 Å². The highest BCUT2D eigenvalue weighted by Crippen LogP contribution is 2.43. The van der Waals surface area contributed by atoms with Gasteiger partial charge < -0.3 is 5.11 Å². The van der Waals surface area contributed by atoms with Gasteiger partial charge in [-0.3, -0.25) is 4.79 Å². The van der Waals surface area contributed by atoms with Crippen molar-refractivity contribution >= 4 is 11.8 Å². The van der Waals surface area contributed by atoms with Crippen LogP contribution < -0.4 is 0 Å². The molecule has 0 amide bonds. The summed E-state index contributed by atoms with van der Waals surface area (Å²) in [4.78, 5) is 20.5. The van der Waals surface area contributed by atoms with E-state index in [0.29, 0.717) is 0 Å². The number of aliphatic carboxylic acids is 1. The van der Waals surface area contributed by atoms with Crippen molar-refractivity contribution in [2.24, 2.45) is 5.92 Å². The molecule has 1 N–H and O–H groups in total. The summed E-state index contributed by atoms with van der Waals surface area (Å²) >= 11 is 0. The van der Waals surface area contributed by atoms with Crippen LogP contribution in [-0.4, -0.2) is 22.8 Å². The number of ketones is 1. The SMILES string of the molecule is O=C(O)C(=O)CC1CC(F)(F)C1. The molecule has 0 aromatic rings. The van der Waals surface area contributed by atoms with Gasteiger partial charge in [0.15, 0.2) is 0 Å². The summed E-state index contributed by atoms with van der Waals surface area (Å²) in [6, 6.07) is 0. The minimum absolute atomic E-state index is 0.259. The molecule has 68 valence electrons. The van der Waals surface area contributed by atoms with Crippen molar-refractivity contribution in [2.75, 3.05) is 0 Å². The maximum Gasteiger partial charge on any atom is 0.372 e. The molecule has 0 aromatic heterocycles. The van der Waals surface area contributed by atoms with Crippen LogP contribution >= 0.6 is 0 Å². The first-order valence-corrected chi connectivity index (χ1v) is 3.55. The monoisotopic (exact) mass is 178 g/mol. The largest absolute Gasteiger partial charge is 0.476 e. The molecule has 0 atom stereocenters. The molecule has 0 spiro atoms. The molecule has 1 aliphatic carbocycles. The number of hydrogen-bond donors (Lipinski definition) is 1. The molecule has 0 unspecified atom stereocenters. The lowest BCUT2D eigenvalue weighted by atomic mass is 9.78. The lowest BCUT2D eigenvalue weighted by Crippen LogP contribution is -2.37. The van der Waals surface area contributed by atoms with E-state index in [1.807, 2.05) is 0 Å². The number of carbonyl (C=O) groups is 2. The van der Waals surface area contributed by atoms with Gasteiger partial charge in [0.05, 0.1) is 0 Å². The van der Waals surface area contributed by atoms with E-state index in [2.05, 4.69) is 0 Å². The van der Waals surface area contributed by atoms with Gasteiger partial charge >= 0.3 is 5.97 Å². The zero-order valence-electron chi connectivity index (χ0n) is 6.22. The fraction of sp³-hybridized carbons (Fsp3) is 0.714. The molecule has 0 aromatic carbocycles. The average Bonchev–Trinajstić information content (AvgIpc) is 1.83. The second-order valence-electron chi connectivity index (χ2n) is 3.06. The minimum atomic E-state index is -2.68. The molecule has 0 heterocycles. The maximum atomic E-state index is 12.2. The first-order valence-electron chi connectivity index (χ1n) is 3.55. The normalized spacial score (nSPS) is 21.5. The van der Waals surface area contributed by atoms with Gasteiger partial charge in [0.1, 0.15) is 0 Å². The van der Waals surface area contributed by atoms with E-state index in [4.69, 9.17) is 5.11 Å². The van der Waals surface area contributed by atoms with Crippen LogP contribution in [0.2, 0.25) is 0 Å². The van der Waals surface area contributed by atoms with Crippen LogP contribution in [0, 0.1) is 5.92 Å². The average molecular weight is 178 g/mol. The number of carboxylic acids is 1. The van der Waals surface area contributed by atoms with E-state index >= 15 is 0 Å². The summed E-state index contributed by atoms with van der Waals surface area (Å²) in [6.45, 7) is 0. The highest BCUT2D eigenvalue weighted by molar-refractivity contribution is 6.32.